The van der Waals surface area contributed by atoms with Crippen molar-refractivity contribution in [2.75, 3.05) is 26.8 Å². The zero-order chi connectivity index (χ0) is 11.9. The molecule has 1 N–H and O–H groups in total. The van der Waals surface area contributed by atoms with Gasteiger partial charge in [-0.2, -0.15) is 0 Å². The second-order valence-electron chi connectivity index (χ2n) is 5.37. The number of halogens is 1. The minimum absolute atomic E-state index is 0.0850. The molecule has 1 aliphatic heterocycles. The van der Waals surface area contributed by atoms with Crippen molar-refractivity contribution in [3.05, 3.63) is 35.6 Å². The smallest absolute Gasteiger partial charge is 0.127 e. The van der Waals surface area contributed by atoms with E-state index in [1.54, 1.807) is 12.1 Å². The van der Waals surface area contributed by atoms with Gasteiger partial charge in [0.25, 0.3) is 0 Å². The SMILES string of the molecule is CNCC1(C2(c3ccccc3F)COC2)CC1. The standard InChI is InChI=1S/C14H18FNO/c1-16-8-13(6-7-13)14(9-17-10-14)11-4-2-3-5-12(11)15/h2-5,16H,6-10H2,1H3. The molecule has 1 heterocycles. The Morgan fingerprint density at radius 2 is 2.00 bits per heavy atom. The van der Waals surface area contributed by atoms with Gasteiger partial charge in [-0.25, -0.2) is 4.39 Å². The van der Waals surface area contributed by atoms with Crippen molar-refractivity contribution >= 4 is 0 Å². The lowest BCUT2D eigenvalue weighted by Gasteiger charge is -2.48. The highest BCUT2D eigenvalue weighted by Gasteiger charge is 2.63. The molecule has 1 aromatic carbocycles. The Kier molecular flexibility index (Phi) is 2.49. The topological polar surface area (TPSA) is 21.3 Å². The largest absolute Gasteiger partial charge is 0.379 e. The number of benzene rings is 1. The second-order valence-corrected chi connectivity index (χ2v) is 5.37. The van der Waals surface area contributed by atoms with Gasteiger partial charge in [0.2, 0.25) is 0 Å². The third-order valence-corrected chi connectivity index (χ3v) is 4.47. The van der Waals surface area contributed by atoms with Crippen LogP contribution in [0.2, 0.25) is 0 Å². The fourth-order valence-electron chi connectivity index (χ4n) is 3.22. The molecular formula is C14H18FNO. The van der Waals surface area contributed by atoms with Crippen LogP contribution in [0.25, 0.3) is 0 Å². The van der Waals surface area contributed by atoms with Gasteiger partial charge in [0.15, 0.2) is 0 Å². The van der Waals surface area contributed by atoms with Gasteiger partial charge in [-0.05, 0) is 36.9 Å². The molecule has 0 aromatic heterocycles. The molecule has 17 heavy (non-hydrogen) atoms. The fraction of sp³-hybridized carbons (Fsp3) is 0.571. The van der Waals surface area contributed by atoms with E-state index >= 15 is 0 Å². The van der Waals surface area contributed by atoms with E-state index in [-0.39, 0.29) is 16.6 Å². The van der Waals surface area contributed by atoms with Crippen molar-refractivity contribution < 1.29 is 9.13 Å². The van der Waals surface area contributed by atoms with Crippen molar-refractivity contribution in [2.24, 2.45) is 5.41 Å². The first-order valence-corrected chi connectivity index (χ1v) is 6.22. The Balaban J connectivity index is 2.01. The van der Waals surface area contributed by atoms with E-state index in [0.29, 0.717) is 13.2 Å². The van der Waals surface area contributed by atoms with Crippen LogP contribution in [0.5, 0.6) is 0 Å². The first-order valence-electron chi connectivity index (χ1n) is 6.22. The first kappa shape index (κ1) is 11.2. The second kappa shape index (κ2) is 3.79. The summed E-state index contributed by atoms with van der Waals surface area (Å²) >= 11 is 0. The summed E-state index contributed by atoms with van der Waals surface area (Å²) in [5.74, 6) is -0.0850. The summed E-state index contributed by atoms with van der Waals surface area (Å²) in [6.45, 7) is 2.27. The Hall–Kier alpha value is -0.930. The maximum absolute atomic E-state index is 14.0. The maximum Gasteiger partial charge on any atom is 0.127 e. The van der Waals surface area contributed by atoms with Crippen LogP contribution in [-0.2, 0) is 10.2 Å². The average Bonchev–Trinajstić information content (AvgIpc) is 3.01. The van der Waals surface area contributed by atoms with Gasteiger partial charge >= 0.3 is 0 Å². The van der Waals surface area contributed by atoms with Gasteiger partial charge < -0.3 is 10.1 Å². The molecule has 1 saturated heterocycles. The molecule has 1 aliphatic carbocycles. The molecule has 0 spiro atoms. The predicted octanol–water partition coefficient (Wildman–Crippen LogP) is 2.09. The fourth-order valence-corrected chi connectivity index (χ4v) is 3.22. The van der Waals surface area contributed by atoms with E-state index in [1.165, 1.54) is 12.8 Å². The molecule has 1 aromatic rings. The quantitative estimate of drug-likeness (QED) is 0.863. The van der Waals surface area contributed by atoms with Crippen molar-refractivity contribution in [3.63, 3.8) is 0 Å². The zero-order valence-electron chi connectivity index (χ0n) is 10.1. The van der Waals surface area contributed by atoms with Gasteiger partial charge in [0.1, 0.15) is 5.82 Å². The van der Waals surface area contributed by atoms with Gasteiger partial charge in [-0.3, -0.25) is 0 Å². The number of rotatable bonds is 4. The van der Waals surface area contributed by atoms with E-state index in [9.17, 15) is 4.39 Å². The lowest BCUT2D eigenvalue weighted by Crippen LogP contribution is -2.56. The summed E-state index contributed by atoms with van der Waals surface area (Å²) < 4.78 is 19.5. The van der Waals surface area contributed by atoms with Crippen LogP contribution in [-0.4, -0.2) is 26.8 Å². The van der Waals surface area contributed by atoms with E-state index in [2.05, 4.69) is 5.32 Å². The molecule has 2 fully saturated rings. The van der Waals surface area contributed by atoms with E-state index in [4.69, 9.17) is 4.74 Å². The Labute approximate surface area is 101 Å². The number of hydrogen-bond acceptors (Lipinski definition) is 2. The number of ether oxygens (including phenoxy) is 1. The van der Waals surface area contributed by atoms with Crippen LogP contribution in [0.3, 0.4) is 0 Å². The number of hydrogen-bond donors (Lipinski definition) is 1. The van der Waals surface area contributed by atoms with Gasteiger partial charge in [-0.1, -0.05) is 18.2 Å². The Morgan fingerprint density at radius 3 is 2.47 bits per heavy atom. The first-order chi connectivity index (χ1) is 8.24. The molecule has 3 heteroatoms. The van der Waals surface area contributed by atoms with Crippen LogP contribution in [0, 0.1) is 11.2 Å². The zero-order valence-corrected chi connectivity index (χ0v) is 10.1. The van der Waals surface area contributed by atoms with E-state index in [1.807, 2.05) is 19.2 Å². The highest BCUT2D eigenvalue weighted by Crippen LogP contribution is 2.62. The summed E-state index contributed by atoms with van der Waals surface area (Å²) in [6, 6.07) is 7.16. The summed E-state index contributed by atoms with van der Waals surface area (Å²) in [5, 5.41) is 3.26. The highest BCUT2D eigenvalue weighted by atomic mass is 19.1. The molecule has 2 nitrogen and oxygen atoms in total. The number of nitrogens with one attached hydrogen (secondary N) is 1. The minimum atomic E-state index is -0.0959. The van der Waals surface area contributed by atoms with Crippen LogP contribution < -0.4 is 5.32 Å². The summed E-state index contributed by atoms with van der Waals surface area (Å²) in [7, 11) is 1.97. The third-order valence-electron chi connectivity index (χ3n) is 4.47. The minimum Gasteiger partial charge on any atom is -0.379 e. The lowest BCUT2D eigenvalue weighted by molar-refractivity contribution is -0.100. The molecular weight excluding hydrogens is 217 g/mol. The monoisotopic (exact) mass is 235 g/mol. The molecule has 0 unspecified atom stereocenters. The van der Waals surface area contributed by atoms with Crippen molar-refractivity contribution in [1.29, 1.82) is 0 Å². The van der Waals surface area contributed by atoms with Gasteiger partial charge in [-0.15, -0.1) is 0 Å². The third kappa shape index (κ3) is 1.45. The average molecular weight is 235 g/mol. The Bertz CT molecular complexity index is 424. The van der Waals surface area contributed by atoms with E-state index in [0.717, 1.165) is 12.1 Å². The molecule has 0 bridgehead atoms. The molecule has 0 atom stereocenters. The Morgan fingerprint density at radius 1 is 1.29 bits per heavy atom. The molecule has 3 rings (SSSR count). The summed E-state index contributed by atoms with van der Waals surface area (Å²) in [6.07, 6.45) is 2.34. The van der Waals surface area contributed by atoms with Crippen LogP contribution in [0.1, 0.15) is 18.4 Å². The van der Waals surface area contributed by atoms with Gasteiger partial charge in [0.05, 0.1) is 18.6 Å². The molecule has 92 valence electrons. The maximum atomic E-state index is 14.0. The van der Waals surface area contributed by atoms with Crippen LogP contribution in [0.4, 0.5) is 4.39 Å². The molecule has 0 amide bonds. The van der Waals surface area contributed by atoms with Crippen molar-refractivity contribution in [1.82, 2.24) is 5.32 Å². The van der Waals surface area contributed by atoms with E-state index < -0.39 is 0 Å². The molecule has 0 radical (unpaired) electrons. The van der Waals surface area contributed by atoms with Crippen LogP contribution in [0.15, 0.2) is 24.3 Å². The lowest BCUT2D eigenvalue weighted by atomic mass is 9.66. The van der Waals surface area contributed by atoms with Crippen molar-refractivity contribution in [2.45, 2.75) is 18.3 Å². The summed E-state index contributed by atoms with van der Waals surface area (Å²) in [5.41, 5.74) is 0.961. The van der Waals surface area contributed by atoms with Crippen molar-refractivity contribution in [3.8, 4) is 0 Å². The molecule has 2 aliphatic rings. The normalized spacial score (nSPS) is 24.1. The van der Waals surface area contributed by atoms with Gasteiger partial charge in [0, 0.05) is 6.54 Å². The predicted molar refractivity (Wildman–Crippen MR) is 64.5 cm³/mol. The molecule has 1 saturated carbocycles. The summed E-state index contributed by atoms with van der Waals surface area (Å²) in [4.78, 5) is 0. The highest BCUT2D eigenvalue weighted by molar-refractivity contribution is 5.36. The van der Waals surface area contributed by atoms with Crippen LogP contribution >= 0.6 is 0 Å².